The standard InChI is InChI=1S/C10H15N/c1-11-7-9-5-3-2-4-6-10(9)8-11/h7-8H,2-6H2,1H3. The second-order valence-corrected chi connectivity index (χ2v) is 3.53. The first-order chi connectivity index (χ1) is 5.36. The lowest BCUT2D eigenvalue weighted by Gasteiger charge is -1.92. The molecule has 0 spiro atoms. The van der Waals surface area contributed by atoms with Crippen LogP contribution in [0.2, 0.25) is 0 Å². The average molecular weight is 149 g/mol. The highest BCUT2D eigenvalue weighted by atomic mass is 14.9. The zero-order chi connectivity index (χ0) is 7.68. The first-order valence-electron chi connectivity index (χ1n) is 4.50. The van der Waals surface area contributed by atoms with Crippen LogP contribution >= 0.6 is 0 Å². The van der Waals surface area contributed by atoms with Gasteiger partial charge < -0.3 is 4.57 Å². The van der Waals surface area contributed by atoms with Gasteiger partial charge in [0.25, 0.3) is 0 Å². The van der Waals surface area contributed by atoms with Crippen molar-refractivity contribution >= 4 is 0 Å². The van der Waals surface area contributed by atoms with Gasteiger partial charge in [-0.25, -0.2) is 0 Å². The van der Waals surface area contributed by atoms with E-state index in [-0.39, 0.29) is 0 Å². The molecule has 0 saturated carbocycles. The van der Waals surface area contributed by atoms with Crippen molar-refractivity contribution in [1.82, 2.24) is 4.57 Å². The van der Waals surface area contributed by atoms with Crippen LogP contribution in [-0.4, -0.2) is 4.57 Å². The molecule has 1 nitrogen and oxygen atoms in total. The number of rotatable bonds is 0. The maximum Gasteiger partial charge on any atom is 0.0106 e. The Bertz CT molecular complexity index is 224. The van der Waals surface area contributed by atoms with Crippen molar-refractivity contribution in [3.8, 4) is 0 Å². The van der Waals surface area contributed by atoms with Gasteiger partial charge in [-0.15, -0.1) is 0 Å². The summed E-state index contributed by atoms with van der Waals surface area (Å²) in [5.41, 5.74) is 3.18. The third-order valence-electron chi connectivity index (χ3n) is 2.52. The van der Waals surface area contributed by atoms with Crippen molar-refractivity contribution in [1.29, 1.82) is 0 Å². The van der Waals surface area contributed by atoms with E-state index in [1.165, 1.54) is 32.1 Å². The van der Waals surface area contributed by atoms with Gasteiger partial charge in [0, 0.05) is 19.4 Å². The normalized spacial score (nSPS) is 17.5. The van der Waals surface area contributed by atoms with E-state index in [0.717, 1.165) is 0 Å². The van der Waals surface area contributed by atoms with Gasteiger partial charge in [-0.2, -0.15) is 0 Å². The van der Waals surface area contributed by atoms with E-state index in [0.29, 0.717) is 0 Å². The molecule has 0 N–H and O–H groups in total. The molecule has 11 heavy (non-hydrogen) atoms. The Morgan fingerprint density at radius 1 is 1.00 bits per heavy atom. The number of nitrogens with zero attached hydrogens (tertiary/aromatic N) is 1. The summed E-state index contributed by atoms with van der Waals surface area (Å²) in [6.45, 7) is 0. The summed E-state index contributed by atoms with van der Waals surface area (Å²) in [6, 6.07) is 0. The van der Waals surface area contributed by atoms with Crippen LogP contribution < -0.4 is 0 Å². The van der Waals surface area contributed by atoms with Gasteiger partial charge in [-0.05, 0) is 36.8 Å². The highest BCUT2D eigenvalue weighted by Gasteiger charge is 2.08. The average Bonchev–Trinajstić information content (AvgIpc) is 2.17. The van der Waals surface area contributed by atoms with E-state index in [2.05, 4.69) is 24.0 Å². The molecule has 0 amide bonds. The molecular weight excluding hydrogens is 134 g/mol. The lowest BCUT2D eigenvalue weighted by Crippen LogP contribution is -1.82. The topological polar surface area (TPSA) is 4.93 Å². The van der Waals surface area contributed by atoms with Crippen LogP contribution in [0.15, 0.2) is 12.4 Å². The minimum atomic E-state index is 1.30. The quantitative estimate of drug-likeness (QED) is 0.499. The maximum absolute atomic E-state index is 2.28. The van der Waals surface area contributed by atoms with E-state index in [1.807, 2.05) is 0 Å². The number of hydrogen-bond donors (Lipinski definition) is 0. The molecule has 0 aromatic carbocycles. The first-order valence-corrected chi connectivity index (χ1v) is 4.50. The molecule has 1 heterocycles. The lowest BCUT2D eigenvalue weighted by molar-refractivity contribution is 0.705. The molecule has 1 heteroatoms. The van der Waals surface area contributed by atoms with Gasteiger partial charge in [0.15, 0.2) is 0 Å². The number of fused-ring (bicyclic) bond motifs is 1. The predicted molar refractivity (Wildman–Crippen MR) is 46.7 cm³/mol. The van der Waals surface area contributed by atoms with Crippen molar-refractivity contribution in [3.63, 3.8) is 0 Å². The number of aromatic nitrogens is 1. The SMILES string of the molecule is Cn1cc2c(c1)CCCCC2. The van der Waals surface area contributed by atoms with E-state index in [9.17, 15) is 0 Å². The van der Waals surface area contributed by atoms with Crippen molar-refractivity contribution in [2.45, 2.75) is 32.1 Å². The first kappa shape index (κ1) is 6.96. The summed E-state index contributed by atoms with van der Waals surface area (Å²) in [5.74, 6) is 0. The summed E-state index contributed by atoms with van der Waals surface area (Å²) in [4.78, 5) is 0. The van der Waals surface area contributed by atoms with Gasteiger partial charge >= 0.3 is 0 Å². The Morgan fingerprint density at radius 2 is 1.55 bits per heavy atom. The summed E-state index contributed by atoms with van der Waals surface area (Å²) in [7, 11) is 2.12. The molecule has 0 atom stereocenters. The Balaban J connectivity index is 2.32. The molecule has 1 aliphatic rings. The minimum absolute atomic E-state index is 1.30. The van der Waals surface area contributed by atoms with Crippen LogP contribution in [0.3, 0.4) is 0 Å². The number of hydrogen-bond acceptors (Lipinski definition) is 0. The van der Waals surface area contributed by atoms with Crippen LogP contribution in [0, 0.1) is 0 Å². The van der Waals surface area contributed by atoms with Crippen molar-refractivity contribution < 1.29 is 0 Å². The third kappa shape index (κ3) is 1.32. The Morgan fingerprint density at radius 3 is 2.09 bits per heavy atom. The fraction of sp³-hybridized carbons (Fsp3) is 0.600. The Hall–Kier alpha value is -0.720. The molecule has 60 valence electrons. The second-order valence-electron chi connectivity index (χ2n) is 3.53. The van der Waals surface area contributed by atoms with Crippen molar-refractivity contribution in [2.24, 2.45) is 7.05 Å². The lowest BCUT2D eigenvalue weighted by atomic mass is 10.1. The second kappa shape index (κ2) is 2.72. The molecule has 1 aromatic heterocycles. The van der Waals surface area contributed by atoms with Crippen LogP contribution in [-0.2, 0) is 19.9 Å². The molecule has 0 unspecified atom stereocenters. The molecule has 0 fully saturated rings. The zero-order valence-corrected chi connectivity index (χ0v) is 7.14. The van der Waals surface area contributed by atoms with Gasteiger partial charge in [0.1, 0.15) is 0 Å². The molecule has 1 aromatic rings. The van der Waals surface area contributed by atoms with Crippen molar-refractivity contribution in [3.05, 3.63) is 23.5 Å². The van der Waals surface area contributed by atoms with E-state index in [4.69, 9.17) is 0 Å². The number of aryl methyl sites for hydroxylation is 3. The molecule has 0 radical (unpaired) electrons. The van der Waals surface area contributed by atoms with Gasteiger partial charge in [0.2, 0.25) is 0 Å². The fourth-order valence-corrected chi connectivity index (χ4v) is 1.95. The molecule has 0 aliphatic heterocycles. The predicted octanol–water partition coefficient (Wildman–Crippen LogP) is 2.29. The van der Waals surface area contributed by atoms with E-state index >= 15 is 0 Å². The van der Waals surface area contributed by atoms with Gasteiger partial charge in [0.05, 0.1) is 0 Å². The summed E-state index contributed by atoms with van der Waals surface area (Å²) < 4.78 is 2.19. The maximum atomic E-state index is 2.28. The van der Waals surface area contributed by atoms with Crippen molar-refractivity contribution in [2.75, 3.05) is 0 Å². The van der Waals surface area contributed by atoms with Crippen LogP contribution in [0.25, 0.3) is 0 Å². The van der Waals surface area contributed by atoms with Gasteiger partial charge in [-0.1, -0.05) is 6.42 Å². The highest BCUT2D eigenvalue weighted by molar-refractivity contribution is 5.25. The summed E-state index contributed by atoms with van der Waals surface area (Å²) >= 11 is 0. The third-order valence-corrected chi connectivity index (χ3v) is 2.52. The Labute approximate surface area is 68.0 Å². The highest BCUT2D eigenvalue weighted by Crippen LogP contribution is 2.20. The van der Waals surface area contributed by atoms with E-state index in [1.54, 1.807) is 11.1 Å². The van der Waals surface area contributed by atoms with Crippen LogP contribution in [0.5, 0.6) is 0 Å². The Kier molecular flexibility index (Phi) is 1.72. The summed E-state index contributed by atoms with van der Waals surface area (Å²) in [6.07, 6.45) is 11.3. The molecule has 1 aliphatic carbocycles. The molecule has 2 rings (SSSR count). The smallest absolute Gasteiger partial charge is 0.0106 e. The van der Waals surface area contributed by atoms with Gasteiger partial charge in [-0.3, -0.25) is 0 Å². The molecule has 0 saturated heterocycles. The molecule has 0 bridgehead atoms. The monoisotopic (exact) mass is 149 g/mol. The molecular formula is C10H15N. The fourth-order valence-electron chi connectivity index (χ4n) is 1.95. The largest absolute Gasteiger partial charge is 0.357 e. The van der Waals surface area contributed by atoms with Crippen LogP contribution in [0.4, 0.5) is 0 Å². The summed E-state index contributed by atoms with van der Waals surface area (Å²) in [5, 5.41) is 0. The van der Waals surface area contributed by atoms with Crippen LogP contribution in [0.1, 0.15) is 30.4 Å². The van der Waals surface area contributed by atoms with E-state index < -0.39 is 0 Å². The minimum Gasteiger partial charge on any atom is -0.357 e. The zero-order valence-electron chi connectivity index (χ0n) is 7.14.